The van der Waals surface area contributed by atoms with Crippen molar-refractivity contribution in [2.24, 2.45) is 0 Å². The first kappa shape index (κ1) is 21.8. The molecule has 6 rings (SSSR count). The monoisotopic (exact) mass is 492 g/mol. The molecule has 0 bridgehead atoms. The first-order chi connectivity index (χ1) is 17.5. The number of H-pyrrole nitrogens is 1. The lowest BCUT2D eigenvalue weighted by atomic mass is 9.99. The number of hydrogen-bond acceptors (Lipinski definition) is 8. The molecule has 1 aliphatic heterocycles. The molecule has 0 aliphatic carbocycles. The van der Waals surface area contributed by atoms with Gasteiger partial charge in [0, 0.05) is 30.4 Å². The minimum Gasteiger partial charge on any atom is -0.495 e. The first-order valence-corrected chi connectivity index (χ1v) is 11.0. The van der Waals surface area contributed by atoms with Gasteiger partial charge in [-0.15, -0.1) is 10.2 Å². The second kappa shape index (κ2) is 8.52. The van der Waals surface area contributed by atoms with Crippen molar-refractivity contribution in [3.63, 3.8) is 0 Å². The van der Waals surface area contributed by atoms with Crippen molar-refractivity contribution < 1.29 is 22.7 Å². The Morgan fingerprint density at radius 2 is 2.14 bits per heavy atom. The highest BCUT2D eigenvalue weighted by atomic mass is 19.3. The Morgan fingerprint density at radius 1 is 1.25 bits per heavy atom. The number of nitrogens with zero attached hydrogens (tertiary/aromatic N) is 7. The lowest BCUT2D eigenvalue weighted by Gasteiger charge is -2.32. The molecule has 5 aromatic heterocycles. The van der Waals surface area contributed by atoms with E-state index in [2.05, 4.69) is 30.2 Å². The number of imidazole rings is 1. The number of pyridine rings is 2. The highest BCUT2D eigenvalue weighted by Crippen LogP contribution is 2.35. The van der Waals surface area contributed by atoms with Crippen LogP contribution in [0, 0.1) is 0 Å². The molecular weight excluding hydrogens is 474 g/mol. The third-order valence-corrected chi connectivity index (χ3v) is 6.05. The van der Waals surface area contributed by atoms with Gasteiger partial charge in [0.1, 0.15) is 17.5 Å². The maximum absolute atomic E-state index is 13.6. The van der Waals surface area contributed by atoms with Crippen LogP contribution in [-0.4, -0.2) is 59.2 Å². The van der Waals surface area contributed by atoms with Gasteiger partial charge in [0.25, 0.3) is 12.3 Å². The van der Waals surface area contributed by atoms with E-state index in [1.54, 1.807) is 24.4 Å². The number of fused-ring (bicyclic) bond motifs is 2. The summed E-state index contributed by atoms with van der Waals surface area (Å²) >= 11 is 0. The molecule has 1 amide bonds. The van der Waals surface area contributed by atoms with Crippen LogP contribution in [0.5, 0.6) is 5.75 Å². The zero-order chi connectivity index (χ0) is 24.8. The first-order valence-electron chi connectivity index (χ1n) is 11.0. The molecular formula is C23H18F2N8O3. The molecule has 0 saturated heterocycles. The molecule has 1 aliphatic rings. The second-order valence-corrected chi connectivity index (χ2v) is 8.08. The van der Waals surface area contributed by atoms with Gasteiger partial charge in [-0.2, -0.15) is 5.10 Å². The standard InChI is InChI=1S/C23H18F2N8O3/c1-35-12-4-5-15(26-10-12)21-29-30-22(36-21)23(34)32-8-6-14-18(28-11-27-14)19(32)16-9-17-13(20(24)25)3-2-7-33(17)31-16/h2-5,7,9-11,19-20H,6,8H2,1H3,(H,27,28). The van der Waals surface area contributed by atoms with E-state index in [1.165, 1.54) is 41.2 Å². The summed E-state index contributed by atoms with van der Waals surface area (Å²) < 4.78 is 39.3. The van der Waals surface area contributed by atoms with E-state index in [-0.39, 0.29) is 22.9 Å². The van der Waals surface area contributed by atoms with Crippen LogP contribution in [0.4, 0.5) is 8.78 Å². The third kappa shape index (κ3) is 3.56. The summed E-state index contributed by atoms with van der Waals surface area (Å²) in [5.74, 6) is -0.136. The van der Waals surface area contributed by atoms with E-state index in [0.29, 0.717) is 35.8 Å². The van der Waals surface area contributed by atoms with Crippen LogP contribution in [-0.2, 0) is 6.42 Å². The number of hydrogen-bond donors (Lipinski definition) is 1. The number of amides is 1. The highest BCUT2D eigenvalue weighted by Gasteiger charge is 2.38. The smallest absolute Gasteiger partial charge is 0.312 e. The molecule has 182 valence electrons. The van der Waals surface area contributed by atoms with E-state index >= 15 is 0 Å². The zero-order valence-corrected chi connectivity index (χ0v) is 18.8. The van der Waals surface area contributed by atoms with Gasteiger partial charge < -0.3 is 19.0 Å². The van der Waals surface area contributed by atoms with Crippen LogP contribution in [0.1, 0.15) is 45.8 Å². The van der Waals surface area contributed by atoms with Crippen molar-refractivity contribution >= 4 is 11.4 Å². The number of carbonyl (C=O) groups excluding carboxylic acids is 1. The molecule has 0 spiro atoms. The zero-order valence-electron chi connectivity index (χ0n) is 18.8. The van der Waals surface area contributed by atoms with Crippen LogP contribution < -0.4 is 4.74 Å². The molecule has 0 saturated carbocycles. The van der Waals surface area contributed by atoms with Crippen molar-refractivity contribution in [3.05, 3.63) is 77.6 Å². The van der Waals surface area contributed by atoms with Crippen LogP contribution in [0.2, 0.25) is 0 Å². The molecule has 1 N–H and O–H groups in total. The van der Waals surface area contributed by atoms with Crippen LogP contribution in [0.15, 0.2) is 53.5 Å². The predicted octanol–water partition coefficient (Wildman–Crippen LogP) is 3.24. The molecule has 5 aromatic rings. The number of nitrogens with one attached hydrogen (secondary N) is 1. The van der Waals surface area contributed by atoms with Crippen molar-refractivity contribution in [3.8, 4) is 17.3 Å². The van der Waals surface area contributed by atoms with Gasteiger partial charge in [-0.05, 0) is 30.3 Å². The van der Waals surface area contributed by atoms with Gasteiger partial charge >= 0.3 is 11.8 Å². The minimum absolute atomic E-state index is 0.0735. The highest BCUT2D eigenvalue weighted by molar-refractivity contribution is 5.90. The maximum Gasteiger partial charge on any atom is 0.312 e. The van der Waals surface area contributed by atoms with Crippen molar-refractivity contribution in [1.29, 1.82) is 0 Å². The number of carbonyl (C=O) groups is 1. The van der Waals surface area contributed by atoms with E-state index in [0.717, 1.165) is 5.69 Å². The Hall–Kier alpha value is -4.68. The summed E-state index contributed by atoms with van der Waals surface area (Å²) in [4.78, 5) is 26.7. The Balaban J connectivity index is 1.38. The van der Waals surface area contributed by atoms with Crippen LogP contribution in [0.3, 0.4) is 0 Å². The van der Waals surface area contributed by atoms with Crippen LogP contribution in [0.25, 0.3) is 17.1 Å². The Labute approximate surface area is 201 Å². The van der Waals surface area contributed by atoms with Gasteiger partial charge in [0.15, 0.2) is 0 Å². The number of aromatic amines is 1. The normalized spacial score (nSPS) is 15.4. The third-order valence-electron chi connectivity index (χ3n) is 6.05. The molecule has 0 fully saturated rings. The number of alkyl halides is 2. The predicted molar refractivity (Wildman–Crippen MR) is 119 cm³/mol. The Morgan fingerprint density at radius 3 is 2.92 bits per heavy atom. The van der Waals surface area contributed by atoms with E-state index in [1.807, 2.05) is 0 Å². The lowest BCUT2D eigenvalue weighted by Crippen LogP contribution is -2.41. The average molecular weight is 492 g/mol. The molecule has 6 heterocycles. The molecule has 11 nitrogen and oxygen atoms in total. The molecule has 13 heteroatoms. The summed E-state index contributed by atoms with van der Waals surface area (Å²) in [6.45, 7) is 0.298. The Kier molecular flexibility index (Phi) is 5.16. The SMILES string of the molecule is COc1ccc(-c2nnc(C(=O)N3CCc4[nH]cnc4C3c3cc4c(C(F)F)cccn4n3)o2)nc1. The summed E-state index contributed by atoms with van der Waals surface area (Å²) in [7, 11) is 1.53. The summed E-state index contributed by atoms with van der Waals surface area (Å²) in [5, 5.41) is 12.4. The van der Waals surface area contributed by atoms with Crippen molar-refractivity contribution in [1.82, 2.24) is 39.7 Å². The number of rotatable bonds is 5. The lowest BCUT2D eigenvalue weighted by molar-refractivity contribution is 0.0646. The van der Waals surface area contributed by atoms with Gasteiger partial charge in [0.05, 0.1) is 36.5 Å². The molecule has 1 unspecified atom stereocenters. The van der Waals surface area contributed by atoms with Crippen LogP contribution >= 0.6 is 0 Å². The minimum atomic E-state index is -2.67. The van der Waals surface area contributed by atoms with Gasteiger partial charge in [-0.3, -0.25) is 4.79 Å². The average Bonchev–Trinajstić information content (AvgIpc) is 3.66. The van der Waals surface area contributed by atoms with E-state index < -0.39 is 18.4 Å². The second-order valence-electron chi connectivity index (χ2n) is 8.08. The summed E-state index contributed by atoms with van der Waals surface area (Å²) in [6, 6.07) is 6.98. The topological polar surface area (TPSA) is 127 Å². The Bertz CT molecular complexity index is 1560. The number of ether oxygens (including phenoxy) is 1. The van der Waals surface area contributed by atoms with E-state index in [4.69, 9.17) is 9.15 Å². The molecule has 1 atom stereocenters. The molecule has 0 radical (unpaired) electrons. The van der Waals surface area contributed by atoms with Crippen molar-refractivity contribution in [2.45, 2.75) is 18.9 Å². The number of halogens is 2. The van der Waals surface area contributed by atoms with Gasteiger partial charge in [-0.1, -0.05) is 0 Å². The molecule has 36 heavy (non-hydrogen) atoms. The van der Waals surface area contributed by atoms with Gasteiger partial charge in [0.2, 0.25) is 0 Å². The number of aromatic nitrogens is 7. The number of methoxy groups -OCH3 is 1. The maximum atomic E-state index is 13.6. The van der Waals surface area contributed by atoms with E-state index in [9.17, 15) is 13.6 Å². The molecule has 0 aromatic carbocycles. The fourth-order valence-corrected chi connectivity index (χ4v) is 4.33. The van der Waals surface area contributed by atoms with Gasteiger partial charge in [-0.25, -0.2) is 23.3 Å². The fourth-order valence-electron chi connectivity index (χ4n) is 4.33. The summed E-state index contributed by atoms with van der Waals surface area (Å²) in [6.07, 6.45) is 2.45. The van der Waals surface area contributed by atoms with Crippen molar-refractivity contribution in [2.75, 3.05) is 13.7 Å². The summed E-state index contributed by atoms with van der Waals surface area (Å²) in [5.41, 5.74) is 2.29. The largest absolute Gasteiger partial charge is 0.495 e. The fraction of sp³-hybridized carbons (Fsp3) is 0.217. The quantitative estimate of drug-likeness (QED) is 0.396.